The Labute approximate surface area is 137 Å². The number of methoxy groups -OCH3 is 1. The molecule has 9 heteroatoms. The Balaban J connectivity index is 1.76. The molecule has 1 aliphatic heterocycles. The van der Waals surface area contributed by atoms with E-state index in [0.29, 0.717) is 5.95 Å². The van der Waals surface area contributed by atoms with Gasteiger partial charge in [0.25, 0.3) is 11.8 Å². The monoisotopic (exact) mass is 340 g/mol. The van der Waals surface area contributed by atoms with Crippen molar-refractivity contribution in [3.05, 3.63) is 35.7 Å². The van der Waals surface area contributed by atoms with E-state index in [2.05, 4.69) is 15.5 Å². The fraction of sp³-hybridized carbons (Fsp3) is 0.467. The van der Waals surface area contributed by atoms with E-state index in [1.807, 2.05) is 4.90 Å². The van der Waals surface area contributed by atoms with Crippen LogP contribution in [0.3, 0.4) is 0 Å². The van der Waals surface area contributed by atoms with E-state index in [4.69, 9.17) is 14.0 Å². The predicted octanol–water partition coefficient (Wildman–Crippen LogP) is 1.52. The van der Waals surface area contributed by atoms with Gasteiger partial charge in [-0.2, -0.15) is 4.98 Å². The number of aromatic nitrogens is 2. The molecule has 3 rings (SSSR count). The van der Waals surface area contributed by atoms with Gasteiger partial charge in [-0.1, -0.05) is 0 Å². The predicted molar refractivity (Wildman–Crippen MR) is 81.0 cm³/mol. The number of benzene rings is 1. The number of ether oxygens (including phenoxy) is 2. The van der Waals surface area contributed by atoms with Gasteiger partial charge in [-0.05, 0) is 5.16 Å². The van der Waals surface area contributed by atoms with Gasteiger partial charge in [0.05, 0.1) is 6.61 Å². The number of rotatable bonds is 6. The largest absolute Gasteiger partial charge is 0.478 e. The zero-order valence-electron chi connectivity index (χ0n) is 13.2. The Hall–Kier alpha value is -2.26. The maximum Gasteiger partial charge on any atom is 0.271 e. The Kier molecular flexibility index (Phi) is 5.21. The molecule has 0 saturated carbocycles. The lowest BCUT2D eigenvalue weighted by molar-refractivity contribution is 0.0593. The first-order valence-electron chi connectivity index (χ1n) is 7.56. The van der Waals surface area contributed by atoms with E-state index >= 15 is 0 Å². The van der Waals surface area contributed by atoms with E-state index < -0.39 is 17.7 Å². The highest BCUT2D eigenvalue weighted by atomic mass is 19.1. The summed E-state index contributed by atoms with van der Waals surface area (Å²) in [6, 6.07) is 2.94. The molecule has 1 unspecified atom stereocenters. The second-order valence-electron chi connectivity index (χ2n) is 5.34. The SMILES string of the molecule is COCC(Oc1cc(F)cc(F)c1)c1nc(N2CCNCC2)no1. The van der Waals surface area contributed by atoms with Crippen molar-refractivity contribution in [2.24, 2.45) is 0 Å². The Morgan fingerprint density at radius 2 is 1.96 bits per heavy atom. The van der Waals surface area contributed by atoms with Gasteiger partial charge in [-0.15, -0.1) is 0 Å². The zero-order valence-corrected chi connectivity index (χ0v) is 13.2. The van der Waals surface area contributed by atoms with Crippen LogP contribution >= 0.6 is 0 Å². The summed E-state index contributed by atoms with van der Waals surface area (Å²) in [5, 5.41) is 7.18. The van der Waals surface area contributed by atoms with Gasteiger partial charge in [-0.25, -0.2) is 8.78 Å². The molecule has 2 aromatic rings. The van der Waals surface area contributed by atoms with Gasteiger partial charge in [0.1, 0.15) is 17.4 Å². The van der Waals surface area contributed by atoms with Crippen LogP contribution in [0.1, 0.15) is 12.0 Å². The second kappa shape index (κ2) is 7.54. The molecule has 1 saturated heterocycles. The normalized spacial score (nSPS) is 16.2. The van der Waals surface area contributed by atoms with Gasteiger partial charge in [0.2, 0.25) is 6.10 Å². The number of nitrogens with zero attached hydrogens (tertiary/aromatic N) is 3. The summed E-state index contributed by atoms with van der Waals surface area (Å²) in [6.45, 7) is 3.31. The molecule has 2 heterocycles. The summed E-state index contributed by atoms with van der Waals surface area (Å²) in [5.41, 5.74) is 0. The minimum Gasteiger partial charge on any atom is -0.478 e. The molecule has 0 radical (unpaired) electrons. The minimum absolute atomic E-state index is 0.0245. The summed E-state index contributed by atoms with van der Waals surface area (Å²) in [5.74, 6) is -0.783. The number of piperazine rings is 1. The third-order valence-corrected chi connectivity index (χ3v) is 3.54. The van der Waals surface area contributed by atoms with Gasteiger partial charge in [0, 0.05) is 51.5 Å². The summed E-state index contributed by atoms with van der Waals surface area (Å²) >= 11 is 0. The van der Waals surface area contributed by atoms with Crippen molar-refractivity contribution in [3.8, 4) is 5.75 Å². The van der Waals surface area contributed by atoms with Crippen LogP contribution in [0.25, 0.3) is 0 Å². The Bertz CT molecular complexity index is 656. The molecule has 0 spiro atoms. The number of halogens is 2. The van der Waals surface area contributed by atoms with Gasteiger partial charge >= 0.3 is 0 Å². The van der Waals surface area contributed by atoms with Crippen LogP contribution in [0, 0.1) is 11.6 Å². The topological polar surface area (TPSA) is 72.7 Å². The Morgan fingerprint density at radius 1 is 1.25 bits per heavy atom. The average Bonchev–Trinajstić information content (AvgIpc) is 3.04. The van der Waals surface area contributed by atoms with Crippen molar-refractivity contribution in [2.45, 2.75) is 6.10 Å². The summed E-state index contributed by atoms with van der Waals surface area (Å²) in [6.07, 6.45) is -0.764. The van der Waals surface area contributed by atoms with Crippen molar-refractivity contribution in [3.63, 3.8) is 0 Å². The molecule has 1 aromatic heterocycles. The quantitative estimate of drug-likeness (QED) is 0.855. The highest BCUT2D eigenvalue weighted by Gasteiger charge is 2.24. The zero-order chi connectivity index (χ0) is 16.9. The van der Waals surface area contributed by atoms with Crippen molar-refractivity contribution in [2.75, 3.05) is 44.8 Å². The molecular weight excluding hydrogens is 322 g/mol. The fourth-order valence-corrected chi connectivity index (χ4v) is 2.42. The van der Waals surface area contributed by atoms with Crippen molar-refractivity contribution in [1.29, 1.82) is 0 Å². The Morgan fingerprint density at radius 3 is 2.62 bits per heavy atom. The van der Waals surface area contributed by atoms with E-state index in [1.165, 1.54) is 7.11 Å². The molecule has 1 aromatic carbocycles. The molecular formula is C15H18F2N4O3. The van der Waals surface area contributed by atoms with Crippen LogP contribution in [-0.4, -0.2) is 50.0 Å². The number of hydrogen-bond donors (Lipinski definition) is 1. The lowest BCUT2D eigenvalue weighted by atomic mass is 10.3. The molecule has 1 fully saturated rings. The van der Waals surface area contributed by atoms with Crippen LogP contribution in [0.2, 0.25) is 0 Å². The summed E-state index contributed by atoms with van der Waals surface area (Å²) < 4.78 is 42.5. The van der Waals surface area contributed by atoms with E-state index in [0.717, 1.165) is 44.4 Å². The molecule has 0 amide bonds. The first kappa shape index (κ1) is 16.6. The first-order valence-corrected chi connectivity index (χ1v) is 7.56. The highest BCUT2D eigenvalue weighted by molar-refractivity contribution is 5.29. The smallest absolute Gasteiger partial charge is 0.271 e. The van der Waals surface area contributed by atoms with Gasteiger partial charge < -0.3 is 24.2 Å². The maximum absolute atomic E-state index is 13.3. The van der Waals surface area contributed by atoms with E-state index in [1.54, 1.807) is 0 Å². The third-order valence-electron chi connectivity index (χ3n) is 3.54. The molecule has 7 nitrogen and oxygen atoms in total. The van der Waals surface area contributed by atoms with Crippen LogP contribution in [-0.2, 0) is 4.74 Å². The van der Waals surface area contributed by atoms with Crippen molar-refractivity contribution >= 4 is 5.95 Å². The second-order valence-corrected chi connectivity index (χ2v) is 5.34. The lowest BCUT2D eigenvalue weighted by Crippen LogP contribution is -2.44. The molecule has 130 valence electrons. The standard InChI is InChI=1S/C15H18F2N4O3/c1-22-9-13(23-12-7-10(16)6-11(17)8-12)14-19-15(20-24-14)21-4-2-18-3-5-21/h6-8,13,18H,2-5,9H2,1H3. The van der Waals surface area contributed by atoms with Crippen molar-refractivity contribution in [1.82, 2.24) is 15.5 Å². The van der Waals surface area contributed by atoms with E-state index in [9.17, 15) is 8.78 Å². The van der Waals surface area contributed by atoms with Crippen LogP contribution in [0.4, 0.5) is 14.7 Å². The molecule has 0 aliphatic carbocycles. The number of anilines is 1. The summed E-state index contributed by atoms with van der Waals surface area (Å²) in [4.78, 5) is 6.30. The van der Waals surface area contributed by atoms with Crippen LogP contribution in [0.15, 0.2) is 22.7 Å². The van der Waals surface area contributed by atoms with Crippen molar-refractivity contribution < 1.29 is 22.8 Å². The maximum atomic E-state index is 13.3. The van der Waals surface area contributed by atoms with Crippen LogP contribution in [0.5, 0.6) is 5.75 Å². The average molecular weight is 340 g/mol. The third kappa shape index (κ3) is 3.98. The minimum atomic E-state index is -0.764. The number of hydrogen-bond acceptors (Lipinski definition) is 7. The molecule has 1 N–H and O–H groups in total. The summed E-state index contributed by atoms with van der Waals surface area (Å²) in [7, 11) is 1.48. The first-order chi connectivity index (χ1) is 11.7. The molecule has 24 heavy (non-hydrogen) atoms. The molecule has 1 atom stereocenters. The van der Waals surface area contributed by atoms with Crippen LogP contribution < -0.4 is 15.0 Å². The number of nitrogens with one attached hydrogen (secondary N) is 1. The lowest BCUT2D eigenvalue weighted by Gasteiger charge is -2.25. The highest BCUT2D eigenvalue weighted by Crippen LogP contribution is 2.24. The molecule has 0 bridgehead atoms. The molecule has 1 aliphatic rings. The van der Waals surface area contributed by atoms with Gasteiger partial charge in [0.15, 0.2) is 0 Å². The van der Waals surface area contributed by atoms with Gasteiger partial charge in [-0.3, -0.25) is 0 Å². The fourth-order valence-electron chi connectivity index (χ4n) is 2.42. The van der Waals surface area contributed by atoms with E-state index in [-0.39, 0.29) is 18.2 Å².